The smallest absolute Gasteiger partial charge is 0.376 e. The van der Waals surface area contributed by atoms with Gasteiger partial charge in [0.05, 0.1) is 17.7 Å². The number of piperidine rings is 1. The van der Waals surface area contributed by atoms with E-state index in [1.807, 2.05) is 23.0 Å². The largest absolute Gasteiger partial charge is 0.437 e. The minimum absolute atomic E-state index is 0.123. The minimum atomic E-state index is -0.388. The van der Waals surface area contributed by atoms with Gasteiger partial charge in [0.15, 0.2) is 0 Å². The fourth-order valence-corrected chi connectivity index (χ4v) is 2.60. The molecule has 0 aromatic carbocycles. The van der Waals surface area contributed by atoms with Crippen molar-refractivity contribution in [3.05, 3.63) is 30.1 Å². The van der Waals surface area contributed by atoms with Crippen molar-refractivity contribution in [2.24, 2.45) is 5.92 Å². The summed E-state index contributed by atoms with van der Waals surface area (Å²) in [6.07, 6.45) is 3.63. The van der Waals surface area contributed by atoms with Crippen LogP contribution in [0.4, 0.5) is 0 Å². The number of hydrogen-bond donors (Lipinski definition) is 1. The molecule has 0 bridgehead atoms. The molecule has 1 aliphatic rings. The third-order valence-corrected chi connectivity index (χ3v) is 3.72. The zero-order valence-electron chi connectivity index (χ0n) is 10.7. The van der Waals surface area contributed by atoms with Gasteiger partial charge in [0, 0.05) is 6.20 Å². The van der Waals surface area contributed by atoms with Crippen molar-refractivity contribution in [3.63, 3.8) is 0 Å². The average molecular weight is 243 g/mol. The SMILES string of the molecule is CB(O)N1CCC(C(C#N)c2ccccn2)CC1. The zero-order valence-corrected chi connectivity index (χ0v) is 10.7. The molecule has 1 fully saturated rings. The summed E-state index contributed by atoms with van der Waals surface area (Å²) in [5.41, 5.74) is 0.871. The highest BCUT2D eigenvalue weighted by atomic mass is 16.2. The molecule has 1 N–H and O–H groups in total. The van der Waals surface area contributed by atoms with Crippen molar-refractivity contribution in [2.45, 2.75) is 25.6 Å². The molecule has 2 heterocycles. The lowest BCUT2D eigenvalue weighted by molar-refractivity contribution is 0.239. The lowest BCUT2D eigenvalue weighted by atomic mass is 9.77. The van der Waals surface area contributed by atoms with Crippen LogP contribution < -0.4 is 0 Å². The molecule has 0 saturated carbocycles. The summed E-state index contributed by atoms with van der Waals surface area (Å²) in [4.78, 5) is 6.34. The van der Waals surface area contributed by atoms with Crippen molar-refractivity contribution in [3.8, 4) is 6.07 Å². The van der Waals surface area contributed by atoms with Crippen LogP contribution in [0, 0.1) is 17.2 Å². The van der Waals surface area contributed by atoms with Crippen LogP contribution in [0.5, 0.6) is 0 Å². The Kier molecular flexibility index (Phi) is 4.35. The van der Waals surface area contributed by atoms with Crippen LogP contribution in [0.15, 0.2) is 24.4 Å². The second kappa shape index (κ2) is 5.99. The third kappa shape index (κ3) is 2.89. The molecule has 0 amide bonds. The highest BCUT2D eigenvalue weighted by Crippen LogP contribution is 2.31. The van der Waals surface area contributed by atoms with Gasteiger partial charge in [-0.05, 0) is 50.8 Å². The summed E-state index contributed by atoms with van der Waals surface area (Å²) < 4.78 is 0. The topological polar surface area (TPSA) is 60.1 Å². The molecule has 1 aliphatic heterocycles. The maximum absolute atomic E-state index is 9.52. The second-order valence-corrected chi connectivity index (χ2v) is 4.87. The van der Waals surface area contributed by atoms with Crippen LogP contribution in [-0.2, 0) is 0 Å². The van der Waals surface area contributed by atoms with Crippen molar-refractivity contribution in [2.75, 3.05) is 13.1 Å². The van der Waals surface area contributed by atoms with Crippen LogP contribution in [-0.4, -0.2) is 35.0 Å². The highest BCUT2D eigenvalue weighted by Gasteiger charge is 2.30. The molecule has 1 aromatic rings. The van der Waals surface area contributed by atoms with Crippen molar-refractivity contribution in [1.29, 1.82) is 5.26 Å². The lowest BCUT2D eigenvalue weighted by Gasteiger charge is -2.34. The first-order valence-corrected chi connectivity index (χ1v) is 6.45. The van der Waals surface area contributed by atoms with Gasteiger partial charge >= 0.3 is 7.05 Å². The summed E-state index contributed by atoms with van der Waals surface area (Å²) in [6.45, 7) is 3.50. The van der Waals surface area contributed by atoms with E-state index in [4.69, 9.17) is 0 Å². The molecule has 18 heavy (non-hydrogen) atoms. The van der Waals surface area contributed by atoms with E-state index in [0.29, 0.717) is 5.92 Å². The molecular weight excluding hydrogens is 225 g/mol. The molecular formula is C13H18BN3O. The van der Waals surface area contributed by atoms with E-state index in [2.05, 4.69) is 11.1 Å². The van der Waals surface area contributed by atoms with E-state index in [9.17, 15) is 10.3 Å². The molecule has 1 aromatic heterocycles. The van der Waals surface area contributed by atoms with E-state index in [1.165, 1.54) is 0 Å². The van der Waals surface area contributed by atoms with Crippen LogP contribution in [0.25, 0.3) is 0 Å². The van der Waals surface area contributed by atoms with Crippen LogP contribution in [0.1, 0.15) is 24.5 Å². The standard InChI is InChI=1S/C13H18BN3O/c1-14(18)17-8-5-11(6-9-17)12(10-15)13-4-2-3-7-16-13/h2-4,7,11-12,18H,5-6,8-9H2,1H3. The number of nitrogens with zero attached hydrogens (tertiary/aromatic N) is 3. The molecule has 1 atom stereocenters. The van der Waals surface area contributed by atoms with Crippen molar-refractivity contribution in [1.82, 2.24) is 9.79 Å². The van der Waals surface area contributed by atoms with Crippen LogP contribution in [0.3, 0.4) is 0 Å². The summed E-state index contributed by atoms with van der Waals surface area (Å²) in [7, 11) is -0.388. The van der Waals surface area contributed by atoms with Gasteiger partial charge in [-0.2, -0.15) is 5.26 Å². The maximum atomic E-state index is 9.52. The number of aromatic nitrogens is 1. The first kappa shape index (κ1) is 13.1. The van der Waals surface area contributed by atoms with Gasteiger partial charge < -0.3 is 9.83 Å². The summed E-state index contributed by atoms with van der Waals surface area (Å²) in [5, 5.41) is 18.9. The fourth-order valence-electron chi connectivity index (χ4n) is 2.60. The van der Waals surface area contributed by atoms with Crippen molar-refractivity contribution < 1.29 is 5.02 Å². The molecule has 0 aliphatic carbocycles. The molecule has 4 nitrogen and oxygen atoms in total. The number of pyridine rings is 1. The molecule has 2 rings (SSSR count). The highest BCUT2D eigenvalue weighted by molar-refractivity contribution is 6.45. The first-order valence-electron chi connectivity index (χ1n) is 6.45. The van der Waals surface area contributed by atoms with E-state index in [0.717, 1.165) is 31.6 Å². The average Bonchev–Trinajstić information content (AvgIpc) is 2.41. The first-order chi connectivity index (χ1) is 8.72. The Bertz CT molecular complexity index is 410. The minimum Gasteiger partial charge on any atom is -0.437 e. The Morgan fingerprint density at radius 1 is 1.50 bits per heavy atom. The van der Waals surface area contributed by atoms with E-state index >= 15 is 0 Å². The van der Waals surface area contributed by atoms with Crippen LogP contribution >= 0.6 is 0 Å². The molecule has 1 saturated heterocycles. The van der Waals surface area contributed by atoms with Gasteiger partial charge in [-0.15, -0.1) is 0 Å². The summed E-state index contributed by atoms with van der Waals surface area (Å²) in [6, 6.07) is 8.11. The number of rotatable bonds is 3. The van der Waals surface area contributed by atoms with E-state index < -0.39 is 0 Å². The molecule has 5 heteroatoms. The Morgan fingerprint density at radius 3 is 2.72 bits per heavy atom. The van der Waals surface area contributed by atoms with Gasteiger partial charge in [0.25, 0.3) is 0 Å². The van der Waals surface area contributed by atoms with Gasteiger partial charge in [-0.25, -0.2) is 0 Å². The Balaban J connectivity index is 2.02. The number of hydrogen-bond acceptors (Lipinski definition) is 4. The van der Waals surface area contributed by atoms with Crippen molar-refractivity contribution >= 4 is 7.05 Å². The monoisotopic (exact) mass is 243 g/mol. The van der Waals surface area contributed by atoms with E-state index in [1.54, 1.807) is 13.0 Å². The molecule has 1 unspecified atom stereocenters. The maximum Gasteiger partial charge on any atom is 0.376 e. The summed E-state index contributed by atoms with van der Waals surface area (Å²) >= 11 is 0. The Morgan fingerprint density at radius 2 is 2.22 bits per heavy atom. The predicted molar refractivity (Wildman–Crippen MR) is 70.7 cm³/mol. The second-order valence-electron chi connectivity index (χ2n) is 4.87. The molecule has 0 spiro atoms. The predicted octanol–water partition coefficient (Wildman–Crippen LogP) is 1.51. The van der Waals surface area contributed by atoms with Gasteiger partial charge in [0.1, 0.15) is 0 Å². The normalized spacial score (nSPS) is 19.2. The zero-order chi connectivity index (χ0) is 13.0. The molecule has 0 radical (unpaired) electrons. The lowest BCUT2D eigenvalue weighted by Crippen LogP contribution is -2.43. The fraction of sp³-hybridized carbons (Fsp3) is 0.538. The van der Waals surface area contributed by atoms with Gasteiger partial charge in [-0.3, -0.25) is 4.98 Å². The Hall–Kier alpha value is -1.38. The molecule has 94 valence electrons. The number of nitriles is 1. The summed E-state index contributed by atoms with van der Waals surface area (Å²) in [5.74, 6) is 0.224. The van der Waals surface area contributed by atoms with Gasteiger partial charge in [-0.1, -0.05) is 6.07 Å². The van der Waals surface area contributed by atoms with Gasteiger partial charge in [0.2, 0.25) is 0 Å². The van der Waals surface area contributed by atoms with E-state index in [-0.39, 0.29) is 13.0 Å². The van der Waals surface area contributed by atoms with Crippen LogP contribution in [0.2, 0.25) is 6.82 Å². The third-order valence-electron chi connectivity index (χ3n) is 3.72. The Labute approximate surface area is 108 Å². The quantitative estimate of drug-likeness (QED) is 0.817.